The van der Waals surface area contributed by atoms with Crippen molar-refractivity contribution >= 4 is 21.9 Å². The van der Waals surface area contributed by atoms with E-state index in [-0.39, 0.29) is 17.9 Å². The van der Waals surface area contributed by atoms with Crippen LogP contribution in [0.2, 0.25) is 0 Å². The molecule has 1 N–H and O–H groups in total. The van der Waals surface area contributed by atoms with Crippen LogP contribution >= 0.6 is 0 Å². The first-order valence-electron chi connectivity index (χ1n) is 6.82. The summed E-state index contributed by atoms with van der Waals surface area (Å²) in [5.41, 5.74) is 0.780. The highest BCUT2D eigenvalue weighted by Crippen LogP contribution is 2.11. The standard InChI is InChI=1S/C14H18N2O5S/c1-22(20,21)16-7-5-15(6-8-16)13(17)10-11-3-2-4-12(9-11)14(18)19/h2-4,9H,5-8,10H2,1H3,(H,18,19). The van der Waals surface area contributed by atoms with Gasteiger partial charge in [-0.1, -0.05) is 12.1 Å². The van der Waals surface area contributed by atoms with Crippen LogP contribution in [0, 0.1) is 0 Å². The number of hydrogen-bond acceptors (Lipinski definition) is 4. The number of amides is 1. The van der Waals surface area contributed by atoms with E-state index in [1.807, 2.05) is 0 Å². The van der Waals surface area contributed by atoms with Crippen LogP contribution in [0.15, 0.2) is 24.3 Å². The molecule has 1 amide bonds. The minimum Gasteiger partial charge on any atom is -0.478 e. The molecule has 1 aromatic carbocycles. The fraction of sp³-hybridized carbons (Fsp3) is 0.429. The summed E-state index contributed by atoms with van der Waals surface area (Å²) in [5, 5.41) is 8.94. The van der Waals surface area contributed by atoms with Gasteiger partial charge in [0.1, 0.15) is 0 Å². The Morgan fingerprint density at radius 1 is 1.18 bits per heavy atom. The van der Waals surface area contributed by atoms with Crippen LogP contribution in [0.5, 0.6) is 0 Å². The third-order valence-electron chi connectivity index (χ3n) is 3.59. The Kier molecular flexibility index (Phi) is 4.82. The van der Waals surface area contributed by atoms with E-state index in [1.165, 1.54) is 16.4 Å². The van der Waals surface area contributed by atoms with Crippen molar-refractivity contribution in [3.63, 3.8) is 0 Å². The Morgan fingerprint density at radius 2 is 1.82 bits per heavy atom. The lowest BCUT2D eigenvalue weighted by Crippen LogP contribution is -2.50. The highest BCUT2D eigenvalue weighted by Gasteiger charge is 2.25. The molecule has 22 heavy (non-hydrogen) atoms. The van der Waals surface area contributed by atoms with Crippen LogP contribution in [-0.2, 0) is 21.2 Å². The molecule has 8 heteroatoms. The molecule has 1 saturated heterocycles. The van der Waals surface area contributed by atoms with Gasteiger partial charge in [-0.25, -0.2) is 13.2 Å². The van der Waals surface area contributed by atoms with E-state index in [9.17, 15) is 18.0 Å². The summed E-state index contributed by atoms with van der Waals surface area (Å²) in [6.07, 6.45) is 1.27. The second-order valence-electron chi connectivity index (χ2n) is 5.23. The first-order chi connectivity index (χ1) is 10.3. The number of hydrogen-bond donors (Lipinski definition) is 1. The molecule has 0 atom stereocenters. The number of rotatable bonds is 4. The quantitative estimate of drug-likeness (QED) is 0.842. The van der Waals surface area contributed by atoms with Crippen molar-refractivity contribution < 1.29 is 23.1 Å². The van der Waals surface area contributed by atoms with E-state index < -0.39 is 16.0 Å². The van der Waals surface area contributed by atoms with Gasteiger partial charge in [0.05, 0.1) is 18.2 Å². The van der Waals surface area contributed by atoms with Gasteiger partial charge in [0.15, 0.2) is 0 Å². The summed E-state index contributed by atoms with van der Waals surface area (Å²) in [7, 11) is -3.22. The number of piperazine rings is 1. The SMILES string of the molecule is CS(=O)(=O)N1CCN(C(=O)Cc2cccc(C(=O)O)c2)CC1. The molecular formula is C14H18N2O5S. The number of aromatic carboxylic acids is 1. The van der Waals surface area contributed by atoms with Gasteiger partial charge in [0.2, 0.25) is 15.9 Å². The number of carbonyl (C=O) groups excluding carboxylic acids is 1. The van der Waals surface area contributed by atoms with E-state index in [4.69, 9.17) is 5.11 Å². The summed E-state index contributed by atoms with van der Waals surface area (Å²) in [6.45, 7) is 1.29. The van der Waals surface area contributed by atoms with Crippen LogP contribution in [0.1, 0.15) is 15.9 Å². The van der Waals surface area contributed by atoms with Gasteiger partial charge >= 0.3 is 5.97 Å². The third kappa shape index (κ3) is 4.05. The van der Waals surface area contributed by atoms with Gasteiger partial charge in [0.25, 0.3) is 0 Å². The minimum absolute atomic E-state index is 0.111. The molecule has 1 fully saturated rings. The fourth-order valence-electron chi connectivity index (χ4n) is 2.37. The van der Waals surface area contributed by atoms with Gasteiger partial charge in [-0.05, 0) is 17.7 Å². The molecular weight excluding hydrogens is 308 g/mol. The Morgan fingerprint density at radius 3 is 2.36 bits per heavy atom. The predicted molar refractivity (Wildman–Crippen MR) is 80.1 cm³/mol. The Hall–Kier alpha value is -1.93. The van der Waals surface area contributed by atoms with E-state index in [0.717, 1.165) is 6.26 Å². The van der Waals surface area contributed by atoms with Gasteiger partial charge in [0, 0.05) is 26.2 Å². The van der Waals surface area contributed by atoms with Crippen molar-refractivity contribution in [3.05, 3.63) is 35.4 Å². The Bertz CT molecular complexity index is 678. The second kappa shape index (κ2) is 6.45. The molecule has 0 radical (unpaired) electrons. The lowest BCUT2D eigenvalue weighted by Gasteiger charge is -2.33. The maximum Gasteiger partial charge on any atom is 0.335 e. The molecule has 0 bridgehead atoms. The lowest BCUT2D eigenvalue weighted by molar-refractivity contribution is -0.131. The molecule has 0 aliphatic carbocycles. The lowest BCUT2D eigenvalue weighted by atomic mass is 10.1. The van der Waals surface area contributed by atoms with Crippen molar-refractivity contribution in [1.29, 1.82) is 0 Å². The summed E-state index contributed by atoms with van der Waals surface area (Å²) >= 11 is 0. The average molecular weight is 326 g/mol. The summed E-state index contributed by atoms with van der Waals surface area (Å²) in [5.74, 6) is -1.16. The number of nitrogens with zero attached hydrogens (tertiary/aromatic N) is 2. The maximum atomic E-state index is 12.2. The van der Waals surface area contributed by atoms with Crippen LogP contribution in [0.25, 0.3) is 0 Å². The molecule has 7 nitrogen and oxygen atoms in total. The topological polar surface area (TPSA) is 95.0 Å². The van der Waals surface area contributed by atoms with Gasteiger partial charge < -0.3 is 10.0 Å². The first kappa shape index (κ1) is 16.4. The summed E-state index contributed by atoms with van der Waals surface area (Å²) in [6, 6.07) is 6.26. The molecule has 1 heterocycles. The second-order valence-corrected chi connectivity index (χ2v) is 7.21. The molecule has 1 aliphatic rings. The number of benzene rings is 1. The molecule has 1 aliphatic heterocycles. The van der Waals surface area contributed by atoms with Crippen LogP contribution in [0.3, 0.4) is 0 Å². The van der Waals surface area contributed by atoms with Crippen molar-refractivity contribution in [2.24, 2.45) is 0 Å². The summed E-state index contributed by atoms with van der Waals surface area (Å²) < 4.78 is 24.2. The predicted octanol–water partition coefficient (Wildman–Crippen LogP) is 0.0311. The number of carboxylic acid groups (broad SMARTS) is 1. The van der Waals surface area contributed by atoms with Crippen molar-refractivity contribution in [2.45, 2.75) is 6.42 Å². The first-order valence-corrected chi connectivity index (χ1v) is 8.67. The zero-order valence-corrected chi connectivity index (χ0v) is 13.0. The van der Waals surface area contributed by atoms with Gasteiger partial charge in [-0.2, -0.15) is 4.31 Å². The smallest absolute Gasteiger partial charge is 0.335 e. The fourth-order valence-corrected chi connectivity index (χ4v) is 3.20. The summed E-state index contributed by atoms with van der Waals surface area (Å²) in [4.78, 5) is 24.7. The van der Waals surface area contributed by atoms with Gasteiger partial charge in [-0.15, -0.1) is 0 Å². The van der Waals surface area contributed by atoms with Crippen molar-refractivity contribution in [1.82, 2.24) is 9.21 Å². The zero-order chi connectivity index (χ0) is 16.3. The molecule has 0 spiro atoms. The zero-order valence-electron chi connectivity index (χ0n) is 12.2. The number of sulfonamides is 1. The highest BCUT2D eigenvalue weighted by molar-refractivity contribution is 7.88. The molecule has 0 aromatic heterocycles. The number of carbonyl (C=O) groups is 2. The molecule has 120 valence electrons. The van der Waals surface area contributed by atoms with Crippen molar-refractivity contribution in [3.8, 4) is 0 Å². The minimum atomic E-state index is -3.22. The van der Waals surface area contributed by atoms with Crippen LogP contribution in [-0.4, -0.2) is 67.0 Å². The van der Waals surface area contributed by atoms with Crippen molar-refractivity contribution in [2.75, 3.05) is 32.4 Å². The number of carboxylic acids is 1. The third-order valence-corrected chi connectivity index (χ3v) is 4.89. The van der Waals surface area contributed by atoms with E-state index in [0.29, 0.717) is 31.7 Å². The van der Waals surface area contributed by atoms with Gasteiger partial charge in [-0.3, -0.25) is 4.79 Å². The van der Waals surface area contributed by atoms with Crippen LogP contribution in [0.4, 0.5) is 0 Å². The normalized spacial score (nSPS) is 16.5. The largest absolute Gasteiger partial charge is 0.478 e. The van der Waals surface area contributed by atoms with E-state index in [2.05, 4.69) is 0 Å². The molecule has 0 unspecified atom stereocenters. The molecule has 2 rings (SSSR count). The molecule has 0 saturated carbocycles. The average Bonchev–Trinajstić information content (AvgIpc) is 2.46. The molecule has 1 aromatic rings. The highest BCUT2D eigenvalue weighted by atomic mass is 32.2. The van der Waals surface area contributed by atoms with E-state index >= 15 is 0 Å². The monoisotopic (exact) mass is 326 g/mol. The maximum absolute atomic E-state index is 12.2. The van der Waals surface area contributed by atoms with Crippen LogP contribution < -0.4 is 0 Å². The Labute approximate surface area is 129 Å². The van der Waals surface area contributed by atoms with E-state index in [1.54, 1.807) is 17.0 Å². The Balaban J connectivity index is 1.96.